The third-order valence-electron chi connectivity index (χ3n) is 4.83. The maximum absolute atomic E-state index is 14.8. The van der Waals surface area contributed by atoms with Crippen molar-refractivity contribution < 1.29 is 9.18 Å². The van der Waals surface area contributed by atoms with Crippen molar-refractivity contribution in [2.75, 3.05) is 16.4 Å². The molecular weight excluding hydrogens is 401 g/mol. The van der Waals surface area contributed by atoms with Crippen molar-refractivity contribution in [1.82, 2.24) is 14.8 Å². The molecule has 0 spiro atoms. The van der Waals surface area contributed by atoms with E-state index in [0.717, 1.165) is 11.3 Å². The Morgan fingerprint density at radius 2 is 2.03 bits per heavy atom. The van der Waals surface area contributed by atoms with E-state index in [0.29, 0.717) is 33.6 Å². The molecule has 1 aromatic heterocycles. The van der Waals surface area contributed by atoms with Gasteiger partial charge >= 0.3 is 0 Å². The number of nitrogens with one attached hydrogen (secondary N) is 2. The average Bonchev–Trinajstić information content (AvgIpc) is 3.09. The molecule has 0 aliphatic carbocycles. The first kappa shape index (κ1) is 20.2. The Bertz CT molecular complexity index is 1140. The normalized spacial score (nSPS) is 15.5. The van der Waals surface area contributed by atoms with Gasteiger partial charge in [-0.2, -0.15) is 4.98 Å². The van der Waals surface area contributed by atoms with Gasteiger partial charge in [-0.05, 0) is 43.4 Å². The van der Waals surface area contributed by atoms with Crippen LogP contribution in [0.5, 0.6) is 0 Å². The molecule has 2 N–H and O–H groups in total. The van der Waals surface area contributed by atoms with E-state index in [1.165, 1.54) is 17.8 Å². The van der Waals surface area contributed by atoms with Gasteiger partial charge < -0.3 is 10.6 Å². The summed E-state index contributed by atoms with van der Waals surface area (Å²) in [6, 6.07) is 13.3. The van der Waals surface area contributed by atoms with Crippen LogP contribution in [0, 0.1) is 12.7 Å². The minimum Gasteiger partial charge on any atom is -0.328 e. The lowest BCUT2D eigenvalue weighted by atomic mass is 9.94. The molecule has 8 heteroatoms. The molecule has 6 nitrogen and oxygen atoms in total. The molecule has 1 atom stereocenters. The molecule has 2 heterocycles. The van der Waals surface area contributed by atoms with Crippen LogP contribution in [0.25, 0.3) is 0 Å². The molecule has 4 rings (SSSR count). The lowest BCUT2D eigenvalue weighted by Crippen LogP contribution is -2.32. The maximum atomic E-state index is 14.8. The molecular formula is C22H22FN5OS. The van der Waals surface area contributed by atoms with Crippen LogP contribution in [-0.2, 0) is 4.79 Å². The Balaban J connectivity index is 1.80. The molecule has 154 valence electrons. The highest BCUT2D eigenvalue weighted by atomic mass is 32.2. The largest absolute Gasteiger partial charge is 0.328 e. The van der Waals surface area contributed by atoms with Crippen LogP contribution in [0.3, 0.4) is 0 Å². The number of hydrogen-bond donors (Lipinski definition) is 2. The maximum Gasteiger partial charge on any atom is 0.255 e. The van der Waals surface area contributed by atoms with E-state index in [1.54, 1.807) is 29.8 Å². The van der Waals surface area contributed by atoms with Crippen LogP contribution in [0.2, 0.25) is 0 Å². The van der Waals surface area contributed by atoms with Gasteiger partial charge in [0.25, 0.3) is 5.91 Å². The van der Waals surface area contributed by atoms with Crippen molar-refractivity contribution in [2.45, 2.75) is 32.0 Å². The SMILES string of the molecule is CCSc1nc2n(n1)C(c1ccccc1F)C(C(=O)Nc1cccc(C)c1)=C(C)N2. The summed E-state index contributed by atoms with van der Waals surface area (Å²) in [4.78, 5) is 17.8. The Hall–Kier alpha value is -3.13. The van der Waals surface area contributed by atoms with E-state index in [4.69, 9.17) is 0 Å². The molecule has 1 aliphatic rings. The number of hydrogen-bond acceptors (Lipinski definition) is 5. The number of anilines is 2. The predicted molar refractivity (Wildman–Crippen MR) is 117 cm³/mol. The van der Waals surface area contributed by atoms with Gasteiger partial charge in [0.15, 0.2) is 0 Å². The van der Waals surface area contributed by atoms with Crippen LogP contribution in [-0.4, -0.2) is 26.4 Å². The fourth-order valence-electron chi connectivity index (χ4n) is 3.52. The molecule has 2 aromatic carbocycles. The van der Waals surface area contributed by atoms with Gasteiger partial charge in [0.2, 0.25) is 11.1 Å². The summed E-state index contributed by atoms with van der Waals surface area (Å²) in [7, 11) is 0. The van der Waals surface area contributed by atoms with Crippen molar-refractivity contribution in [3.63, 3.8) is 0 Å². The Morgan fingerprint density at radius 1 is 1.23 bits per heavy atom. The lowest BCUT2D eigenvalue weighted by Gasteiger charge is -2.28. The average molecular weight is 424 g/mol. The number of thioether (sulfide) groups is 1. The highest BCUT2D eigenvalue weighted by Crippen LogP contribution is 2.37. The first-order valence-corrected chi connectivity index (χ1v) is 10.7. The number of amides is 1. The fourth-order valence-corrected chi connectivity index (χ4v) is 4.08. The standard InChI is InChI=1S/C22H22FN5OS/c1-4-30-22-26-21-24-14(3)18(20(29)25-15-9-7-8-13(2)12-15)19(28(21)27-22)16-10-5-6-11-17(16)23/h5-12,19H,4H2,1-3H3,(H,25,29)(H,24,26,27). The van der Waals surface area contributed by atoms with E-state index in [9.17, 15) is 9.18 Å². The number of aromatic nitrogens is 3. The van der Waals surface area contributed by atoms with Crippen molar-refractivity contribution in [3.05, 3.63) is 76.7 Å². The van der Waals surface area contributed by atoms with Crippen LogP contribution >= 0.6 is 11.8 Å². The summed E-state index contributed by atoms with van der Waals surface area (Å²) in [6.07, 6.45) is 0. The molecule has 0 radical (unpaired) electrons. The molecule has 0 fully saturated rings. The van der Waals surface area contributed by atoms with E-state index >= 15 is 0 Å². The summed E-state index contributed by atoms with van der Waals surface area (Å²) < 4.78 is 16.4. The number of allylic oxidation sites excluding steroid dienone is 1. The first-order valence-electron chi connectivity index (χ1n) is 9.67. The van der Waals surface area contributed by atoms with Crippen LogP contribution in [0.4, 0.5) is 16.0 Å². The van der Waals surface area contributed by atoms with Gasteiger partial charge in [-0.25, -0.2) is 9.07 Å². The predicted octanol–water partition coefficient (Wildman–Crippen LogP) is 4.77. The van der Waals surface area contributed by atoms with Gasteiger partial charge in [-0.15, -0.1) is 5.10 Å². The van der Waals surface area contributed by atoms with Gasteiger partial charge in [-0.1, -0.05) is 49.0 Å². The number of halogens is 1. The van der Waals surface area contributed by atoms with E-state index in [2.05, 4.69) is 20.7 Å². The highest BCUT2D eigenvalue weighted by molar-refractivity contribution is 7.99. The number of rotatable bonds is 5. The summed E-state index contributed by atoms with van der Waals surface area (Å²) in [5.74, 6) is 0.582. The Labute approximate surface area is 178 Å². The second-order valence-corrected chi connectivity index (χ2v) is 8.24. The zero-order valence-electron chi connectivity index (χ0n) is 16.9. The molecule has 0 bridgehead atoms. The number of aryl methyl sites for hydroxylation is 1. The molecule has 3 aromatic rings. The van der Waals surface area contributed by atoms with Gasteiger partial charge in [0, 0.05) is 16.9 Å². The van der Waals surface area contributed by atoms with E-state index in [1.807, 2.05) is 38.1 Å². The third-order valence-corrected chi connectivity index (χ3v) is 5.55. The second-order valence-electron chi connectivity index (χ2n) is 7.01. The Morgan fingerprint density at radius 3 is 2.77 bits per heavy atom. The van der Waals surface area contributed by atoms with Crippen molar-refractivity contribution >= 4 is 29.3 Å². The first-order chi connectivity index (χ1) is 14.5. The number of benzene rings is 2. The minimum absolute atomic E-state index is 0.315. The highest BCUT2D eigenvalue weighted by Gasteiger charge is 2.35. The molecule has 0 saturated carbocycles. The van der Waals surface area contributed by atoms with Crippen LogP contribution in [0.15, 0.2) is 65.0 Å². The van der Waals surface area contributed by atoms with E-state index in [-0.39, 0.29) is 5.91 Å². The van der Waals surface area contributed by atoms with Crippen molar-refractivity contribution in [2.24, 2.45) is 0 Å². The summed E-state index contributed by atoms with van der Waals surface area (Å²) in [5, 5.41) is 11.2. The van der Waals surface area contributed by atoms with Gasteiger partial charge in [0.05, 0.1) is 5.57 Å². The molecule has 1 amide bonds. The zero-order chi connectivity index (χ0) is 21.3. The third kappa shape index (κ3) is 3.82. The van der Waals surface area contributed by atoms with Crippen molar-refractivity contribution in [1.29, 1.82) is 0 Å². The lowest BCUT2D eigenvalue weighted by molar-refractivity contribution is -0.113. The quantitative estimate of drug-likeness (QED) is 0.579. The topological polar surface area (TPSA) is 71.8 Å². The minimum atomic E-state index is -0.731. The summed E-state index contributed by atoms with van der Waals surface area (Å²) in [5.41, 5.74) is 3.09. The number of carbonyl (C=O) groups is 1. The van der Waals surface area contributed by atoms with Gasteiger partial charge in [0.1, 0.15) is 11.9 Å². The number of carbonyl (C=O) groups excluding carboxylic acids is 1. The van der Waals surface area contributed by atoms with E-state index < -0.39 is 11.9 Å². The summed E-state index contributed by atoms with van der Waals surface area (Å²) in [6.45, 7) is 5.76. The van der Waals surface area contributed by atoms with Gasteiger partial charge in [-0.3, -0.25) is 4.79 Å². The zero-order valence-corrected chi connectivity index (χ0v) is 17.8. The Kier molecular flexibility index (Phi) is 5.59. The fraction of sp³-hybridized carbons (Fsp3) is 0.227. The van der Waals surface area contributed by atoms with Crippen LogP contribution < -0.4 is 10.6 Å². The second kappa shape index (κ2) is 8.31. The molecule has 1 aliphatic heterocycles. The smallest absolute Gasteiger partial charge is 0.255 e. The molecule has 1 unspecified atom stereocenters. The number of fused-ring (bicyclic) bond motifs is 1. The number of nitrogens with zero attached hydrogens (tertiary/aromatic N) is 3. The molecule has 0 saturated heterocycles. The van der Waals surface area contributed by atoms with Crippen LogP contribution in [0.1, 0.15) is 31.0 Å². The summed E-state index contributed by atoms with van der Waals surface area (Å²) >= 11 is 1.49. The van der Waals surface area contributed by atoms with Crippen molar-refractivity contribution in [3.8, 4) is 0 Å². The molecule has 30 heavy (non-hydrogen) atoms. The monoisotopic (exact) mass is 423 g/mol.